The van der Waals surface area contributed by atoms with E-state index in [1.165, 1.54) is 11.5 Å². The number of thioether (sulfide) groups is 2. The predicted octanol–water partition coefficient (Wildman–Crippen LogP) is 2.77. The average molecular weight is 193 g/mol. The summed E-state index contributed by atoms with van der Waals surface area (Å²) in [6.07, 6.45) is 0. The molecule has 0 rings (SSSR count). The van der Waals surface area contributed by atoms with Crippen LogP contribution in [0.3, 0.4) is 0 Å². The molecule has 0 aromatic carbocycles. The third-order valence-corrected chi connectivity index (χ3v) is 3.24. The number of nitrogens with one attached hydrogen (secondary N) is 1. The van der Waals surface area contributed by atoms with Crippen LogP contribution < -0.4 is 5.32 Å². The van der Waals surface area contributed by atoms with Gasteiger partial charge in [0.15, 0.2) is 0 Å². The quantitative estimate of drug-likeness (QED) is 0.652. The molecule has 0 aliphatic heterocycles. The molecule has 0 heterocycles. The zero-order chi connectivity index (χ0) is 8.69. The lowest BCUT2D eigenvalue weighted by Crippen LogP contribution is -2.30. The lowest BCUT2D eigenvalue weighted by atomic mass is 10.6. The molecule has 0 bridgehead atoms. The van der Waals surface area contributed by atoms with Crippen LogP contribution in [-0.2, 0) is 0 Å². The zero-order valence-corrected chi connectivity index (χ0v) is 9.52. The van der Waals surface area contributed by atoms with Gasteiger partial charge in [0.2, 0.25) is 0 Å². The number of hydrogen-bond acceptors (Lipinski definition) is 3. The van der Waals surface area contributed by atoms with Crippen LogP contribution in [0.4, 0.5) is 0 Å². The van der Waals surface area contributed by atoms with Gasteiger partial charge in [-0.25, -0.2) is 0 Å². The Hall–Kier alpha value is 0.660. The summed E-state index contributed by atoms with van der Waals surface area (Å²) in [7, 11) is 0. The molecule has 0 radical (unpaired) electrons. The first-order chi connectivity index (χ1) is 5.20. The Kier molecular flexibility index (Phi) is 7.76. The van der Waals surface area contributed by atoms with E-state index in [1.807, 2.05) is 23.5 Å². The van der Waals surface area contributed by atoms with E-state index in [2.05, 4.69) is 33.0 Å². The van der Waals surface area contributed by atoms with Gasteiger partial charge >= 0.3 is 0 Å². The van der Waals surface area contributed by atoms with Crippen LogP contribution in [0, 0.1) is 0 Å². The Morgan fingerprint density at radius 1 is 1.00 bits per heavy atom. The van der Waals surface area contributed by atoms with Crippen molar-refractivity contribution >= 4 is 23.5 Å². The third-order valence-electron chi connectivity index (χ3n) is 1.30. The lowest BCUT2D eigenvalue weighted by molar-refractivity contribution is 0.682. The Morgan fingerprint density at radius 2 is 1.36 bits per heavy atom. The van der Waals surface area contributed by atoms with E-state index in [9.17, 15) is 0 Å². The van der Waals surface area contributed by atoms with Crippen LogP contribution in [-0.4, -0.2) is 22.3 Å². The first kappa shape index (κ1) is 11.7. The molecule has 1 nitrogen and oxygen atoms in total. The summed E-state index contributed by atoms with van der Waals surface area (Å²) in [4.78, 5) is 0. The Labute approximate surface area is 79.1 Å². The Bertz CT molecular complexity index is 78.2. The molecule has 0 saturated heterocycles. The van der Waals surface area contributed by atoms with E-state index in [-0.39, 0.29) is 0 Å². The molecule has 2 unspecified atom stereocenters. The van der Waals surface area contributed by atoms with Gasteiger partial charge in [-0.3, -0.25) is 5.32 Å². The van der Waals surface area contributed by atoms with Crippen molar-refractivity contribution in [3.8, 4) is 0 Å². The summed E-state index contributed by atoms with van der Waals surface area (Å²) in [5.41, 5.74) is 0. The van der Waals surface area contributed by atoms with Gasteiger partial charge in [-0.2, -0.15) is 0 Å². The highest BCUT2D eigenvalue weighted by Crippen LogP contribution is 2.12. The van der Waals surface area contributed by atoms with Gasteiger partial charge in [0, 0.05) is 0 Å². The highest BCUT2D eigenvalue weighted by Gasteiger charge is 2.04. The van der Waals surface area contributed by atoms with Gasteiger partial charge in [-0.1, -0.05) is 13.8 Å². The normalized spacial score (nSPS) is 16.4. The van der Waals surface area contributed by atoms with E-state index in [4.69, 9.17) is 0 Å². The van der Waals surface area contributed by atoms with Gasteiger partial charge in [-0.05, 0) is 25.4 Å². The predicted molar refractivity (Wildman–Crippen MR) is 58.3 cm³/mol. The molecular formula is C8H19NS2. The van der Waals surface area contributed by atoms with Crippen molar-refractivity contribution in [3.63, 3.8) is 0 Å². The van der Waals surface area contributed by atoms with E-state index in [1.54, 1.807) is 0 Å². The van der Waals surface area contributed by atoms with Crippen molar-refractivity contribution < 1.29 is 0 Å². The summed E-state index contributed by atoms with van der Waals surface area (Å²) >= 11 is 3.92. The molecule has 0 aliphatic carbocycles. The minimum atomic E-state index is 0.592. The van der Waals surface area contributed by atoms with E-state index >= 15 is 0 Å². The highest BCUT2D eigenvalue weighted by molar-refractivity contribution is 8.00. The first-order valence-corrected chi connectivity index (χ1v) is 6.29. The van der Waals surface area contributed by atoms with Crippen LogP contribution >= 0.6 is 23.5 Å². The summed E-state index contributed by atoms with van der Waals surface area (Å²) < 4.78 is 0. The lowest BCUT2D eigenvalue weighted by Gasteiger charge is -2.17. The summed E-state index contributed by atoms with van der Waals surface area (Å²) in [6.45, 7) is 8.84. The molecular weight excluding hydrogens is 174 g/mol. The van der Waals surface area contributed by atoms with Gasteiger partial charge in [-0.15, -0.1) is 23.5 Å². The van der Waals surface area contributed by atoms with Crippen LogP contribution in [0.25, 0.3) is 0 Å². The second kappa shape index (κ2) is 7.32. The molecule has 68 valence electrons. The molecule has 11 heavy (non-hydrogen) atoms. The topological polar surface area (TPSA) is 12.0 Å². The van der Waals surface area contributed by atoms with Crippen molar-refractivity contribution in [2.24, 2.45) is 0 Å². The van der Waals surface area contributed by atoms with Crippen LogP contribution in [0.2, 0.25) is 0 Å². The van der Waals surface area contributed by atoms with Crippen LogP contribution in [0.1, 0.15) is 27.7 Å². The minimum absolute atomic E-state index is 0.592. The fraction of sp³-hybridized carbons (Fsp3) is 1.00. The molecule has 0 aromatic rings. The standard InChI is InChI=1S/C8H19NS2/c1-5-10-7(3)9-8(4)11-6-2/h7-9H,5-6H2,1-4H3. The molecule has 0 spiro atoms. The summed E-state index contributed by atoms with van der Waals surface area (Å²) in [5.74, 6) is 2.38. The SMILES string of the molecule is CCSC(C)NC(C)SCC. The average Bonchev–Trinajstić information content (AvgIpc) is 1.87. The molecule has 0 amide bonds. The van der Waals surface area contributed by atoms with E-state index in [0.29, 0.717) is 10.7 Å². The highest BCUT2D eigenvalue weighted by atomic mass is 32.2. The second-order valence-electron chi connectivity index (χ2n) is 2.36. The van der Waals surface area contributed by atoms with Gasteiger partial charge < -0.3 is 0 Å². The zero-order valence-electron chi connectivity index (χ0n) is 7.89. The maximum atomic E-state index is 3.51. The fourth-order valence-electron chi connectivity index (χ4n) is 0.927. The Balaban J connectivity index is 3.32. The van der Waals surface area contributed by atoms with Gasteiger partial charge in [0.05, 0.1) is 10.7 Å². The number of rotatable bonds is 6. The monoisotopic (exact) mass is 193 g/mol. The van der Waals surface area contributed by atoms with Crippen molar-refractivity contribution in [3.05, 3.63) is 0 Å². The molecule has 0 aliphatic rings. The largest absolute Gasteiger partial charge is 0.294 e. The minimum Gasteiger partial charge on any atom is -0.294 e. The van der Waals surface area contributed by atoms with Gasteiger partial charge in [0.25, 0.3) is 0 Å². The third kappa shape index (κ3) is 7.04. The molecule has 1 N–H and O–H groups in total. The molecule has 0 aromatic heterocycles. The fourth-order valence-corrected chi connectivity index (χ4v) is 2.61. The van der Waals surface area contributed by atoms with Gasteiger partial charge in [0.1, 0.15) is 0 Å². The smallest absolute Gasteiger partial charge is 0.0511 e. The summed E-state index contributed by atoms with van der Waals surface area (Å²) in [5, 5.41) is 4.69. The molecule has 0 fully saturated rings. The Morgan fingerprint density at radius 3 is 1.64 bits per heavy atom. The second-order valence-corrected chi connectivity index (χ2v) is 5.60. The molecule has 0 saturated carbocycles. The summed E-state index contributed by atoms with van der Waals surface area (Å²) in [6, 6.07) is 0. The number of hydrogen-bond donors (Lipinski definition) is 1. The van der Waals surface area contributed by atoms with Crippen molar-refractivity contribution in [1.29, 1.82) is 0 Å². The van der Waals surface area contributed by atoms with Crippen molar-refractivity contribution in [2.75, 3.05) is 11.5 Å². The molecule has 3 heteroatoms. The first-order valence-electron chi connectivity index (χ1n) is 4.20. The maximum absolute atomic E-state index is 3.51. The van der Waals surface area contributed by atoms with Crippen molar-refractivity contribution in [2.45, 2.75) is 38.4 Å². The molecule has 2 atom stereocenters. The van der Waals surface area contributed by atoms with Crippen molar-refractivity contribution in [1.82, 2.24) is 5.32 Å². The van der Waals surface area contributed by atoms with Crippen LogP contribution in [0.15, 0.2) is 0 Å². The van der Waals surface area contributed by atoms with E-state index in [0.717, 1.165) is 0 Å². The maximum Gasteiger partial charge on any atom is 0.0511 e. The van der Waals surface area contributed by atoms with E-state index < -0.39 is 0 Å². The van der Waals surface area contributed by atoms with Crippen LogP contribution in [0.5, 0.6) is 0 Å².